The number of thioether (sulfide) groups is 1. The number of hydrazine groups is 1. The summed E-state index contributed by atoms with van der Waals surface area (Å²) in [5.41, 5.74) is 4.35. The predicted molar refractivity (Wildman–Crippen MR) is 143 cm³/mol. The Kier molecular flexibility index (Phi) is 8.07. The second-order valence-corrected chi connectivity index (χ2v) is 10.1. The fraction of sp³-hybridized carbons (Fsp3) is 0.0833. The molecule has 2 heterocycles. The lowest BCUT2D eigenvalue weighted by Crippen LogP contribution is -2.44. The van der Waals surface area contributed by atoms with Crippen molar-refractivity contribution in [1.29, 1.82) is 0 Å². The fourth-order valence-corrected chi connectivity index (χ4v) is 4.96. The van der Waals surface area contributed by atoms with Gasteiger partial charge in [0.25, 0.3) is 11.8 Å². The molecule has 1 saturated heterocycles. The molecule has 1 N–H and O–H groups in total. The molecule has 4 rings (SSSR count). The maximum atomic E-state index is 12.9. The first-order valence-corrected chi connectivity index (χ1v) is 12.5. The van der Waals surface area contributed by atoms with Crippen molar-refractivity contribution in [1.82, 2.24) is 15.4 Å². The normalized spacial score (nSPS) is 14.4. The van der Waals surface area contributed by atoms with E-state index in [0.29, 0.717) is 37.0 Å². The van der Waals surface area contributed by atoms with Gasteiger partial charge in [-0.3, -0.25) is 20.0 Å². The van der Waals surface area contributed by atoms with Crippen LogP contribution in [-0.4, -0.2) is 33.2 Å². The quantitative estimate of drug-likeness (QED) is 0.282. The van der Waals surface area contributed by atoms with E-state index < -0.39 is 11.8 Å². The number of thiocarbonyl (C=S) groups is 1. The number of hydrogen-bond donors (Lipinski definition) is 1. The third-order valence-corrected chi connectivity index (χ3v) is 6.90. The van der Waals surface area contributed by atoms with E-state index in [2.05, 4.69) is 26.3 Å². The van der Waals surface area contributed by atoms with Crippen molar-refractivity contribution in [3.63, 3.8) is 0 Å². The van der Waals surface area contributed by atoms with Gasteiger partial charge in [0.1, 0.15) is 6.61 Å². The summed E-state index contributed by atoms with van der Waals surface area (Å²) in [6.45, 7) is 0.265. The van der Waals surface area contributed by atoms with Crippen molar-refractivity contribution in [3.05, 3.63) is 92.0 Å². The number of benzene rings is 2. The number of methoxy groups -OCH3 is 1. The molecule has 0 radical (unpaired) electrons. The Morgan fingerprint density at radius 1 is 1.26 bits per heavy atom. The summed E-state index contributed by atoms with van der Waals surface area (Å²) in [6.07, 6.45) is 3.37. The topological polar surface area (TPSA) is 80.8 Å². The number of amides is 2. The Labute approximate surface area is 224 Å². The van der Waals surface area contributed by atoms with Crippen molar-refractivity contribution in [2.45, 2.75) is 6.61 Å². The Balaban J connectivity index is 1.51. The summed E-state index contributed by atoms with van der Waals surface area (Å²) >= 11 is 15.8. The summed E-state index contributed by atoms with van der Waals surface area (Å²) in [5, 5.41) is 1.56. The van der Waals surface area contributed by atoms with E-state index in [1.807, 2.05) is 18.2 Å². The molecule has 3 aromatic rings. The van der Waals surface area contributed by atoms with Crippen LogP contribution in [0.4, 0.5) is 0 Å². The number of nitrogens with one attached hydrogen (secondary N) is 1. The van der Waals surface area contributed by atoms with Gasteiger partial charge in [-0.05, 0) is 88.3 Å². The molecule has 0 aliphatic carbocycles. The van der Waals surface area contributed by atoms with Gasteiger partial charge in [0.15, 0.2) is 15.8 Å². The second kappa shape index (κ2) is 11.2. The van der Waals surface area contributed by atoms with Crippen LogP contribution < -0.4 is 14.9 Å². The molecular formula is C24H17BrClN3O4S2. The molecule has 178 valence electrons. The van der Waals surface area contributed by atoms with Crippen LogP contribution in [-0.2, 0) is 11.4 Å². The molecule has 35 heavy (non-hydrogen) atoms. The molecule has 1 aromatic heterocycles. The Morgan fingerprint density at radius 2 is 2.03 bits per heavy atom. The second-order valence-electron chi connectivity index (χ2n) is 7.11. The van der Waals surface area contributed by atoms with E-state index in [4.69, 9.17) is 33.3 Å². The average molecular weight is 591 g/mol. The average Bonchev–Trinajstić information content (AvgIpc) is 3.11. The van der Waals surface area contributed by atoms with Gasteiger partial charge in [0.2, 0.25) is 0 Å². The standard InChI is InChI=1S/C24H17BrClN3O4S2/c1-32-19-11-14(10-18(25)21(19)33-13-17-4-2-3-9-27-17)12-20-23(31)29(24(34)35-20)28-22(30)15-5-7-16(26)8-6-15/h2-12H,13H2,1H3,(H,28,30)/b20-12+. The third kappa shape index (κ3) is 6.02. The summed E-state index contributed by atoms with van der Waals surface area (Å²) in [5.74, 6) is 0.0806. The van der Waals surface area contributed by atoms with Crippen molar-refractivity contribution >= 4 is 73.7 Å². The largest absolute Gasteiger partial charge is 0.493 e. The number of halogens is 2. The molecular weight excluding hydrogens is 574 g/mol. The van der Waals surface area contributed by atoms with Gasteiger partial charge < -0.3 is 9.47 Å². The van der Waals surface area contributed by atoms with E-state index in [0.717, 1.165) is 22.5 Å². The van der Waals surface area contributed by atoms with Gasteiger partial charge in [-0.1, -0.05) is 29.4 Å². The molecule has 0 unspecified atom stereocenters. The van der Waals surface area contributed by atoms with E-state index >= 15 is 0 Å². The molecule has 1 fully saturated rings. The smallest absolute Gasteiger partial charge is 0.285 e. The SMILES string of the molecule is COc1cc(/C=C2/SC(=S)N(NC(=O)c3ccc(Cl)cc3)C2=O)cc(Br)c1OCc1ccccn1. The van der Waals surface area contributed by atoms with Crippen LogP contribution in [0.3, 0.4) is 0 Å². The predicted octanol–water partition coefficient (Wildman–Crippen LogP) is 5.63. The van der Waals surface area contributed by atoms with E-state index in [9.17, 15) is 9.59 Å². The number of rotatable bonds is 7. The number of ether oxygens (including phenoxy) is 2. The minimum atomic E-state index is -0.474. The number of carbonyl (C=O) groups excluding carboxylic acids is 2. The first-order chi connectivity index (χ1) is 16.9. The lowest BCUT2D eigenvalue weighted by atomic mass is 10.2. The summed E-state index contributed by atoms with van der Waals surface area (Å²) in [7, 11) is 1.53. The van der Waals surface area contributed by atoms with Crippen LogP contribution in [0, 0.1) is 0 Å². The van der Waals surface area contributed by atoms with Gasteiger partial charge in [-0.2, -0.15) is 5.01 Å². The first-order valence-electron chi connectivity index (χ1n) is 10.1. The zero-order valence-corrected chi connectivity index (χ0v) is 22.1. The van der Waals surface area contributed by atoms with E-state index in [1.54, 1.807) is 48.7 Å². The maximum Gasteiger partial charge on any atom is 0.285 e. The molecule has 0 saturated carbocycles. The fourth-order valence-electron chi connectivity index (χ4n) is 3.08. The van der Waals surface area contributed by atoms with Gasteiger partial charge in [-0.15, -0.1) is 0 Å². The van der Waals surface area contributed by atoms with Crippen LogP contribution >= 0.6 is 51.5 Å². The monoisotopic (exact) mass is 589 g/mol. The third-order valence-electron chi connectivity index (χ3n) is 4.75. The lowest BCUT2D eigenvalue weighted by Gasteiger charge is -2.15. The van der Waals surface area contributed by atoms with Crippen LogP contribution in [0.5, 0.6) is 11.5 Å². The van der Waals surface area contributed by atoms with Gasteiger partial charge in [0.05, 0.1) is 22.2 Å². The van der Waals surface area contributed by atoms with Crippen molar-refractivity contribution < 1.29 is 19.1 Å². The van der Waals surface area contributed by atoms with Crippen molar-refractivity contribution in [2.75, 3.05) is 7.11 Å². The van der Waals surface area contributed by atoms with Crippen molar-refractivity contribution in [2.24, 2.45) is 0 Å². The lowest BCUT2D eigenvalue weighted by molar-refractivity contribution is -0.123. The Hall–Kier alpha value is -2.92. The van der Waals surface area contributed by atoms with E-state index in [-0.39, 0.29) is 10.9 Å². The van der Waals surface area contributed by atoms with Crippen LogP contribution in [0.1, 0.15) is 21.6 Å². The van der Waals surface area contributed by atoms with Crippen molar-refractivity contribution in [3.8, 4) is 11.5 Å². The number of pyridine rings is 1. The summed E-state index contributed by atoms with van der Waals surface area (Å²) < 4.78 is 12.3. The molecule has 0 spiro atoms. The zero-order valence-electron chi connectivity index (χ0n) is 18.2. The number of carbonyl (C=O) groups is 2. The van der Waals surface area contributed by atoms with Gasteiger partial charge in [-0.25, -0.2) is 0 Å². The Morgan fingerprint density at radius 3 is 2.71 bits per heavy atom. The highest BCUT2D eigenvalue weighted by molar-refractivity contribution is 9.10. The molecule has 7 nitrogen and oxygen atoms in total. The molecule has 2 amide bonds. The molecule has 1 aliphatic rings. The molecule has 0 atom stereocenters. The van der Waals surface area contributed by atoms with Crippen LogP contribution in [0.25, 0.3) is 6.08 Å². The maximum absolute atomic E-state index is 12.9. The van der Waals surface area contributed by atoms with Crippen LogP contribution in [0.15, 0.2) is 70.2 Å². The van der Waals surface area contributed by atoms with E-state index in [1.165, 1.54) is 7.11 Å². The number of nitrogens with zero attached hydrogens (tertiary/aromatic N) is 2. The highest BCUT2D eigenvalue weighted by Crippen LogP contribution is 2.39. The van der Waals surface area contributed by atoms with Gasteiger partial charge in [0, 0.05) is 16.8 Å². The first kappa shape index (κ1) is 25.2. The number of hydrogen-bond acceptors (Lipinski definition) is 7. The van der Waals surface area contributed by atoms with Gasteiger partial charge >= 0.3 is 0 Å². The highest BCUT2D eigenvalue weighted by Gasteiger charge is 2.34. The molecule has 11 heteroatoms. The minimum absolute atomic E-state index is 0.213. The zero-order chi connectivity index (χ0) is 24.9. The molecule has 2 aromatic carbocycles. The minimum Gasteiger partial charge on any atom is -0.493 e. The Bertz CT molecular complexity index is 1320. The number of aromatic nitrogens is 1. The highest BCUT2D eigenvalue weighted by atomic mass is 79.9. The van der Waals surface area contributed by atoms with Crippen LogP contribution in [0.2, 0.25) is 5.02 Å². The molecule has 0 bridgehead atoms. The summed E-state index contributed by atoms with van der Waals surface area (Å²) in [4.78, 5) is 30.1. The summed E-state index contributed by atoms with van der Waals surface area (Å²) in [6, 6.07) is 15.4. The molecule has 1 aliphatic heterocycles.